The molecule has 1 aliphatic heterocycles. The van der Waals surface area contributed by atoms with E-state index in [0.29, 0.717) is 18.6 Å². The number of allylic oxidation sites excluding steroid dienone is 5. The number of nitrogens with zero attached hydrogens (tertiary/aromatic N) is 2. The molecule has 21 heavy (non-hydrogen) atoms. The summed E-state index contributed by atoms with van der Waals surface area (Å²) in [5.74, 6) is 0.117. The van der Waals surface area contributed by atoms with E-state index in [-0.39, 0.29) is 11.7 Å². The summed E-state index contributed by atoms with van der Waals surface area (Å²) in [4.78, 5) is 13.2. The van der Waals surface area contributed by atoms with Crippen molar-refractivity contribution in [3.8, 4) is 0 Å². The van der Waals surface area contributed by atoms with E-state index < -0.39 is 0 Å². The van der Waals surface area contributed by atoms with Gasteiger partial charge in [-0.25, -0.2) is 14.2 Å². The normalized spacial score (nSPS) is 19.8. The molecule has 0 unspecified atom stereocenters. The summed E-state index contributed by atoms with van der Waals surface area (Å²) in [6.45, 7) is 3.56. The standard InChI is InChI=1S/C14H20FN3O2S/c15-12-2-1-3-13(5-4-12)17-7-9-18(10-8-17)21-11-6-14(19)16-20/h2-5,20H,1,6-11H2,(H,16,19). The van der Waals surface area contributed by atoms with Gasteiger partial charge in [-0.1, -0.05) is 18.0 Å². The lowest BCUT2D eigenvalue weighted by Crippen LogP contribution is -2.42. The van der Waals surface area contributed by atoms with Gasteiger partial charge in [0.2, 0.25) is 5.91 Å². The first-order chi connectivity index (χ1) is 10.2. The second-order valence-corrected chi connectivity index (χ2v) is 6.00. The highest BCUT2D eigenvalue weighted by atomic mass is 32.2. The number of amides is 1. The third-order valence-electron chi connectivity index (χ3n) is 3.38. The van der Waals surface area contributed by atoms with Gasteiger partial charge < -0.3 is 4.90 Å². The molecule has 0 spiro atoms. The van der Waals surface area contributed by atoms with E-state index >= 15 is 0 Å². The number of rotatable bonds is 5. The molecule has 1 heterocycles. The molecule has 7 heteroatoms. The highest BCUT2D eigenvalue weighted by Crippen LogP contribution is 2.20. The molecule has 5 nitrogen and oxygen atoms in total. The van der Waals surface area contributed by atoms with E-state index in [1.54, 1.807) is 23.5 Å². The maximum absolute atomic E-state index is 13.1. The Morgan fingerprint density at radius 3 is 2.76 bits per heavy atom. The van der Waals surface area contributed by atoms with Gasteiger partial charge in [-0.15, -0.1) is 0 Å². The van der Waals surface area contributed by atoms with Gasteiger partial charge in [-0.3, -0.25) is 10.0 Å². The lowest BCUT2D eigenvalue weighted by molar-refractivity contribution is -0.128. The van der Waals surface area contributed by atoms with Crippen molar-refractivity contribution in [1.82, 2.24) is 14.7 Å². The number of carbonyl (C=O) groups is 1. The lowest BCUT2D eigenvalue weighted by Gasteiger charge is -2.35. The number of hydrogen-bond acceptors (Lipinski definition) is 5. The number of hydroxylamine groups is 1. The summed E-state index contributed by atoms with van der Waals surface area (Å²) in [5, 5.41) is 8.42. The molecule has 1 saturated heterocycles. The zero-order valence-electron chi connectivity index (χ0n) is 11.8. The minimum Gasteiger partial charge on any atom is -0.369 e. The molecule has 0 atom stereocenters. The fourth-order valence-electron chi connectivity index (χ4n) is 2.23. The van der Waals surface area contributed by atoms with Gasteiger partial charge in [0.15, 0.2) is 0 Å². The van der Waals surface area contributed by atoms with Gasteiger partial charge in [0.05, 0.1) is 0 Å². The third kappa shape index (κ3) is 5.18. The van der Waals surface area contributed by atoms with E-state index in [1.807, 2.05) is 12.2 Å². The minimum absolute atomic E-state index is 0.183. The number of piperazine rings is 1. The minimum atomic E-state index is -0.357. The van der Waals surface area contributed by atoms with Gasteiger partial charge in [-0.05, 0) is 24.6 Å². The summed E-state index contributed by atoms with van der Waals surface area (Å²) in [6, 6.07) is 0. The van der Waals surface area contributed by atoms with Crippen molar-refractivity contribution in [2.24, 2.45) is 0 Å². The largest absolute Gasteiger partial charge is 0.369 e. The third-order valence-corrected chi connectivity index (χ3v) is 4.50. The molecule has 2 rings (SSSR count). The van der Waals surface area contributed by atoms with Crippen LogP contribution in [0.15, 0.2) is 35.8 Å². The average molecular weight is 313 g/mol. The molecule has 0 aromatic heterocycles. The van der Waals surface area contributed by atoms with Crippen molar-refractivity contribution >= 4 is 17.9 Å². The first-order valence-corrected chi connectivity index (χ1v) is 7.93. The number of hydrogen-bond donors (Lipinski definition) is 2. The molecule has 0 radical (unpaired) electrons. The van der Waals surface area contributed by atoms with Crippen LogP contribution in [-0.4, -0.2) is 52.3 Å². The Hall–Kier alpha value is -1.31. The molecule has 2 aliphatic rings. The van der Waals surface area contributed by atoms with Crippen LogP contribution in [0.4, 0.5) is 4.39 Å². The molecule has 116 valence electrons. The Morgan fingerprint density at radius 1 is 1.29 bits per heavy atom. The van der Waals surface area contributed by atoms with Crippen molar-refractivity contribution in [1.29, 1.82) is 0 Å². The van der Waals surface area contributed by atoms with Gasteiger partial charge in [-0.2, -0.15) is 0 Å². The Bertz CT molecular complexity index is 457. The predicted molar refractivity (Wildman–Crippen MR) is 81.2 cm³/mol. The zero-order valence-corrected chi connectivity index (χ0v) is 12.6. The summed E-state index contributed by atoms with van der Waals surface area (Å²) < 4.78 is 15.4. The fourth-order valence-corrected chi connectivity index (χ4v) is 3.18. The van der Waals surface area contributed by atoms with Gasteiger partial charge in [0.1, 0.15) is 5.83 Å². The van der Waals surface area contributed by atoms with Crippen LogP contribution in [0.1, 0.15) is 12.8 Å². The fraction of sp³-hybridized carbons (Fsp3) is 0.500. The monoisotopic (exact) mass is 313 g/mol. The molecule has 1 aliphatic carbocycles. The summed E-state index contributed by atoms with van der Waals surface area (Å²) >= 11 is 1.62. The average Bonchev–Trinajstić information content (AvgIpc) is 2.72. The molecule has 0 aromatic carbocycles. The van der Waals surface area contributed by atoms with Crippen LogP contribution < -0.4 is 5.48 Å². The summed E-state index contributed by atoms with van der Waals surface area (Å²) in [7, 11) is 0. The quantitative estimate of drug-likeness (QED) is 0.461. The van der Waals surface area contributed by atoms with Crippen LogP contribution in [0.5, 0.6) is 0 Å². The van der Waals surface area contributed by atoms with E-state index in [1.165, 1.54) is 6.08 Å². The summed E-state index contributed by atoms with van der Waals surface area (Å²) in [5.41, 5.74) is 2.70. The first kappa shape index (κ1) is 16.1. The molecule has 0 saturated carbocycles. The highest BCUT2D eigenvalue weighted by Gasteiger charge is 2.18. The number of nitrogens with one attached hydrogen (secondary N) is 1. The Balaban J connectivity index is 1.72. The van der Waals surface area contributed by atoms with Crippen LogP contribution in [0.2, 0.25) is 0 Å². The van der Waals surface area contributed by atoms with Crippen molar-refractivity contribution < 1.29 is 14.4 Å². The lowest BCUT2D eigenvalue weighted by atomic mass is 10.2. The maximum Gasteiger partial charge on any atom is 0.244 e. The Kier molecular flexibility index (Phi) is 6.28. The first-order valence-electron chi connectivity index (χ1n) is 6.98. The molecular weight excluding hydrogens is 293 g/mol. The molecule has 2 N–H and O–H groups in total. The number of carbonyl (C=O) groups excluding carboxylic acids is 1. The Labute approximate surface area is 128 Å². The van der Waals surface area contributed by atoms with Crippen LogP contribution >= 0.6 is 11.9 Å². The van der Waals surface area contributed by atoms with E-state index in [9.17, 15) is 9.18 Å². The van der Waals surface area contributed by atoms with Crippen molar-refractivity contribution in [3.63, 3.8) is 0 Å². The van der Waals surface area contributed by atoms with Crippen molar-refractivity contribution in [3.05, 3.63) is 35.8 Å². The van der Waals surface area contributed by atoms with Gasteiger partial charge >= 0.3 is 0 Å². The van der Waals surface area contributed by atoms with Crippen LogP contribution in [-0.2, 0) is 4.79 Å². The smallest absolute Gasteiger partial charge is 0.244 e. The molecule has 0 bridgehead atoms. The zero-order chi connectivity index (χ0) is 15.1. The van der Waals surface area contributed by atoms with Crippen LogP contribution in [0.25, 0.3) is 0 Å². The molecule has 1 amide bonds. The second-order valence-electron chi connectivity index (χ2n) is 4.82. The van der Waals surface area contributed by atoms with E-state index in [4.69, 9.17) is 5.21 Å². The SMILES string of the molecule is O=C(CCSN1CCN(C2=CCC=C(F)C=C2)CC1)NO. The molecule has 0 aromatic rings. The van der Waals surface area contributed by atoms with Gasteiger partial charge in [0, 0.05) is 44.0 Å². The maximum atomic E-state index is 13.1. The van der Waals surface area contributed by atoms with E-state index in [0.717, 1.165) is 31.9 Å². The van der Waals surface area contributed by atoms with Crippen molar-refractivity contribution in [2.45, 2.75) is 12.8 Å². The molecular formula is C14H20FN3O2S. The molecule has 1 fully saturated rings. The highest BCUT2D eigenvalue weighted by molar-refractivity contribution is 7.97. The topological polar surface area (TPSA) is 55.8 Å². The van der Waals surface area contributed by atoms with Crippen LogP contribution in [0.3, 0.4) is 0 Å². The van der Waals surface area contributed by atoms with Crippen LogP contribution in [0, 0.1) is 0 Å². The van der Waals surface area contributed by atoms with Gasteiger partial charge in [0.25, 0.3) is 0 Å². The van der Waals surface area contributed by atoms with E-state index in [2.05, 4.69) is 9.21 Å². The summed E-state index contributed by atoms with van der Waals surface area (Å²) in [6.07, 6.45) is 7.87. The van der Waals surface area contributed by atoms with Crippen molar-refractivity contribution in [2.75, 3.05) is 31.9 Å². The predicted octanol–water partition coefficient (Wildman–Crippen LogP) is 1.84. The second kappa shape index (κ2) is 8.21. The Morgan fingerprint density at radius 2 is 2.05 bits per heavy atom. The number of halogens is 1.